The van der Waals surface area contributed by atoms with Crippen LogP contribution in [0, 0.1) is 17.8 Å². The second kappa shape index (κ2) is 14.8. The Bertz CT molecular complexity index is 429. The summed E-state index contributed by atoms with van der Waals surface area (Å²) < 4.78 is 10.7. The molecule has 0 bridgehead atoms. The Morgan fingerprint density at radius 1 is 1.11 bits per heavy atom. The van der Waals surface area contributed by atoms with Crippen molar-refractivity contribution >= 4 is 29.9 Å². The summed E-state index contributed by atoms with van der Waals surface area (Å²) in [4.78, 5) is 9.51. The van der Waals surface area contributed by atoms with E-state index in [2.05, 4.69) is 34.0 Å². The highest BCUT2D eigenvalue weighted by Gasteiger charge is 2.25. The van der Waals surface area contributed by atoms with Crippen molar-refractivity contribution in [3.8, 4) is 0 Å². The lowest BCUT2D eigenvalue weighted by Gasteiger charge is -2.35. The molecule has 0 aromatic carbocycles. The number of hydrogen-bond acceptors (Lipinski definition) is 4. The Hall–Kier alpha value is -0.120. The van der Waals surface area contributed by atoms with Crippen LogP contribution < -0.4 is 5.32 Å². The fourth-order valence-corrected chi connectivity index (χ4v) is 4.52. The van der Waals surface area contributed by atoms with Gasteiger partial charge >= 0.3 is 0 Å². The van der Waals surface area contributed by atoms with Gasteiger partial charge in [0.05, 0.1) is 19.8 Å². The van der Waals surface area contributed by atoms with Gasteiger partial charge in [0.1, 0.15) is 0 Å². The number of hydrogen-bond donors (Lipinski definition) is 1. The third-order valence-corrected chi connectivity index (χ3v) is 5.71. The summed E-state index contributed by atoms with van der Waals surface area (Å²) in [6.07, 6.45) is 5.04. The normalized spacial score (nSPS) is 26.4. The van der Waals surface area contributed by atoms with Gasteiger partial charge in [-0.25, -0.2) is 0 Å². The van der Waals surface area contributed by atoms with E-state index in [1.807, 2.05) is 7.05 Å². The molecule has 1 N–H and O–H groups in total. The molecule has 0 aliphatic carbocycles. The lowest BCUT2D eigenvalue weighted by molar-refractivity contribution is 0.0536. The average Bonchev–Trinajstić information content (AvgIpc) is 3.10. The first kappa shape index (κ1) is 25.9. The molecule has 0 aromatic heterocycles. The number of ether oxygens (including phenoxy) is 2. The van der Waals surface area contributed by atoms with E-state index in [0.717, 1.165) is 44.0 Å². The number of methoxy groups -OCH3 is 1. The van der Waals surface area contributed by atoms with Gasteiger partial charge in [0.2, 0.25) is 0 Å². The van der Waals surface area contributed by atoms with Crippen molar-refractivity contribution in [2.75, 3.05) is 73.2 Å². The van der Waals surface area contributed by atoms with E-state index in [4.69, 9.17) is 9.47 Å². The summed E-state index contributed by atoms with van der Waals surface area (Å²) in [5.74, 6) is 3.36. The van der Waals surface area contributed by atoms with Gasteiger partial charge in [0.15, 0.2) is 5.96 Å². The molecule has 0 radical (unpaired) electrons. The van der Waals surface area contributed by atoms with Crippen LogP contribution in [0.15, 0.2) is 4.99 Å². The van der Waals surface area contributed by atoms with E-state index in [1.54, 1.807) is 7.11 Å². The van der Waals surface area contributed by atoms with Crippen molar-refractivity contribution < 1.29 is 9.47 Å². The maximum absolute atomic E-state index is 5.69. The third-order valence-electron chi connectivity index (χ3n) is 5.71. The molecule has 0 aromatic rings. The molecule has 7 heteroatoms. The first-order chi connectivity index (χ1) is 13.1. The molecule has 28 heavy (non-hydrogen) atoms. The van der Waals surface area contributed by atoms with Crippen LogP contribution in [-0.4, -0.2) is 89.0 Å². The number of unbranched alkanes of at least 4 members (excludes halogenated alkanes) is 1. The predicted octanol–water partition coefficient (Wildman–Crippen LogP) is 2.92. The summed E-state index contributed by atoms with van der Waals surface area (Å²) in [5.41, 5.74) is 0. The molecule has 2 fully saturated rings. The summed E-state index contributed by atoms with van der Waals surface area (Å²) >= 11 is 0. The van der Waals surface area contributed by atoms with E-state index < -0.39 is 0 Å². The molecule has 6 nitrogen and oxygen atoms in total. The number of halogens is 1. The van der Waals surface area contributed by atoms with E-state index in [-0.39, 0.29) is 24.0 Å². The minimum atomic E-state index is 0. The third kappa shape index (κ3) is 9.59. The zero-order valence-corrected chi connectivity index (χ0v) is 20.8. The highest BCUT2D eigenvalue weighted by Crippen LogP contribution is 2.21. The number of piperidine rings is 1. The number of guanidine groups is 1. The molecule has 2 aliphatic heterocycles. The van der Waals surface area contributed by atoms with Crippen LogP contribution in [0.1, 0.15) is 39.5 Å². The van der Waals surface area contributed by atoms with Crippen molar-refractivity contribution in [2.45, 2.75) is 39.5 Å². The van der Waals surface area contributed by atoms with Crippen molar-refractivity contribution in [2.24, 2.45) is 22.7 Å². The molecule has 2 heterocycles. The topological polar surface area (TPSA) is 49.3 Å². The molecule has 2 aliphatic rings. The highest BCUT2D eigenvalue weighted by molar-refractivity contribution is 14.0. The summed E-state index contributed by atoms with van der Waals surface area (Å²) in [5, 5.41) is 3.56. The van der Waals surface area contributed by atoms with Crippen LogP contribution >= 0.6 is 24.0 Å². The molecular formula is C21H43IN4O2. The quantitative estimate of drug-likeness (QED) is 0.212. The van der Waals surface area contributed by atoms with E-state index >= 15 is 0 Å². The van der Waals surface area contributed by atoms with Gasteiger partial charge in [-0.2, -0.15) is 0 Å². The fraction of sp³-hybridized carbons (Fsp3) is 0.952. The Labute approximate surface area is 189 Å². The lowest BCUT2D eigenvalue weighted by Crippen LogP contribution is -2.41. The Morgan fingerprint density at radius 2 is 1.86 bits per heavy atom. The van der Waals surface area contributed by atoms with E-state index in [9.17, 15) is 0 Å². The van der Waals surface area contributed by atoms with Crippen LogP contribution in [0.5, 0.6) is 0 Å². The Kier molecular flexibility index (Phi) is 13.7. The van der Waals surface area contributed by atoms with Gasteiger partial charge in [-0.15, -0.1) is 24.0 Å². The maximum atomic E-state index is 5.69. The number of aliphatic imine (C=N–C) groups is 1. The van der Waals surface area contributed by atoms with Crippen LogP contribution in [0.4, 0.5) is 0 Å². The van der Waals surface area contributed by atoms with E-state index in [0.29, 0.717) is 19.1 Å². The van der Waals surface area contributed by atoms with Crippen LogP contribution in [0.2, 0.25) is 0 Å². The van der Waals surface area contributed by atoms with Gasteiger partial charge in [0.25, 0.3) is 0 Å². The number of rotatable bonds is 10. The SMILES string of the molecule is CN=C(NCCCCN1CC(C)CC(C)C1)N1CCC(COCCOC)C1.I. The molecule has 3 atom stereocenters. The zero-order chi connectivity index (χ0) is 19.5. The van der Waals surface area contributed by atoms with Gasteiger partial charge < -0.3 is 24.6 Å². The molecule has 0 spiro atoms. The van der Waals surface area contributed by atoms with Gasteiger partial charge in [-0.3, -0.25) is 4.99 Å². The molecule has 2 rings (SSSR count). The largest absolute Gasteiger partial charge is 0.382 e. The molecular weight excluding hydrogens is 467 g/mol. The van der Waals surface area contributed by atoms with Crippen LogP contribution in [0.3, 0.4) is 0 Å². The van der Waals surface area contributed by atoms with Crippen molar-refractivity contribution in [1.29, 1.82) is 0 Å². The highest BCUT2D eigenvalue weighted by atomic mass is 127. The van der Waals surface area contributed by atoms with Crippen molar-refractivity contribution in [1.82, 2.24) is 15.1 Å². The number of likely N-dealkylation sites (tertiary alicyclic amines) is 2. The second-order valence-electron chi connectivity index (χ2n) is 8.56. The van der Waals surface area contributed by atoms with E-state index in [1.165, 1.54) is 45.3 Å². The van der Waals surface area contributed by atoms with Gasteiger partial charge in [-0.05, 0) is 44.1 Å². The fourth-order valence-electron chi connectivity index (χ4n) is 4.52. The molecule has 3 unspecified atom stereocenters. The van der Waals surface area contributed by atoms with Crippen molar-refractivity contribution in [3.63, 3.8) is 0 Å². The Balaban J connectivity index is 0.00000392. The standard InChI is InChI=1S/C21H42N4O2.HI/c1-18-13-19(2)15-24(14-18)9-6-5-8-23-21(22-3)25-10-7-20(16-25)17-27-12-11-26-4;/h18-20H,5-17H2,1-4H3,(H,22,23);1H. The number of nitrogens with zero attached hydrogens (tertiary/aromatic N) is 3. The summed E-state index contributed by atoms with van der Waals surface area (Å²) in [7, 11) is 3.60. The number of nitrogens with one attached hydrogen (secondary N) is 1. The second-order valence-corrected chi connectivity index (χ2v) is 8.56. The molecule has 2 saturated heterocycles. The van der Waals surface area contributed by atoms with Crippen LogP contribution in [-0.2, 0) is 9.47 Å². The first-order valence-electron chi connectivity index (χ1n) is 10.9. The molecule has 0 amide bonds. The van der Waals surface area contributed by atoms with Crippen molar-refractivity contribution in [3.05, 3.63) is 0 Å². The molecule has 0 saturated carbocycles. The zero-order valence-electron chi connectivity index (χ0n) is 18.5. The smallest absolute Gasteiger partial charge is 0.193 e. The Morgan fingerprint density at radius 3 is 2.54 bits per heavy atom. The van der Waals surface area contributed by atoms with Gasteiger partial charge in [-0.1, -0.05) is 13.8 Å². The maximum Gasteiger partial charge on any atom is 0.193 e. The first-order valence-corrected chi connectivity index (χ1v) is 10.9. The average molecular weight is 511 g/mol. The summed E-state index contributed by atoms with van der Waals surface area (Å²) in [6.45, 7) is 13.9. The minimum Gasteiger partial charge on any atom is -0.382 e. The summed E-state index contributed by atoms with van der Waals surface area (Å²) in [6, 6.07) is 0. The van der Waals surface area contributed by atoms with Gasteiger partial charge in [0, 0.05) is 52.8 Å². The monoisotopic (exact) mass is 510 g/mol. The van der Waals surface area contributed by atoms with Crippen LogP contribution in [0.25, 0.3) is 0 Å². The predicted molar refractivity (Wildman–Crippen MR) is 128 cm³/mol. The minimum absolute atomic E-state index is 0. The lowest BCUT2D eigenvalue weighted by atomic mass is 9.92. The molecule has 166 valence electrons.